The number of rotatable bonds is 9. The Labute approximate surface area is 269 Å². The van der Waals surface area contributed by atoms with Crippen LogP contribution in [0.25, 0.3) is 6.08 Å². The zero-order chi connectivity index (χ0) is 33.3. The Balaban J connectivity index is 1.21. The van der Waals surface area contributed by atoms with Crippen molar-refractivity contribution in [2.75, 3.05) is 12.5 Å². The molecule has 3 fully saturated rings. The third-order valence-corrected chi connectivity index (χ3v) is 8.38. The summed E-state index contributed by atoms with van der Waals surface area (Å²) in [6, 6.07) is 10.6. The van der Waals surface area contributed by atoms with Gasteiger partial charge in [0.05, 0.1) is 24.0 Å². The first-order valence-corrected chi connectivity index (χ1v) is 14.9. The number of hydrogen-bond donors (Lipinski definition) is 8. The summed E-state index contributed by atoms with van der Waals surface area (Å²) >= 11 is 6.00. The minimum atomic E-state index is -1.86. The van der Waals surface area contributed by atoms with Gasteiger partial charge in [-0.15, -0.1) is 0 Å². The van der Waals surface area contributed by atoms with Crippen molar-refractivity contribution < 1.29 is 54.1 Å². The first kappa shape index (κ1) is 33.9. The van der Waals surface area contributed by atoms with Crippen molar-refractivity contribution in [1.29, 1.82) is 0 Å². The summed E-state index contributed by atoms with van der Waals surface area (Å²) in [6.45, 7) is 4.52. The van der Waals surface area contributed by atoms with Gasteiger partial charge in [0.15, 0.2) is 11.4 Å². The predicted molar refractivity (Wildman–Crippen MR) is 163 cm³/mol. The standard InChI is InChI=1S/C31H38ClN3O11/c1-14(29(40)34-21-22(36)24(38)27-26(23(21)37)42-13-43-27)9-16-7-8-20(19(33)11-16)45-30-31(3,41)28(39)25(46-30)15(2)35-44-12-17-5-4-6-18(32)10-17/h4-11,21-24,26-28,30,35-39,41H,12-13,33H2,1-3H3,(H,34,40)/t21-,22+,23-,24-,26+,27-,28-,30-,31-/m1/s1. The van der Waals surface area contributed by atoms with E-state index in [4.69, 9.17) is 41.1 Å². The molecule has 2 aliphatic heterocycles. The van der Waals surface area contributed by atoms with Gasteiger partial charge in [0.2, 0.25) is 5.91 Å². The smallest absolute Gasteiger partial charge is 0.272 e. The number of aliphatic hydroxyl groups is 5. The van der Waals surface area contributed by atoms with E-state index in [0.717, 1.165) is 5.56 Å². The fourth-order valence-electron chi connectivity index (χ4n) is 5.45. The number of nitrogens with one attached hydrogen (secondary N) is 2. The molecule has 2 saturated heterocycles. The molecule has 1 aliphatic carbocycles. The van der Waals surface area contributed by atoms with Crippen LogP contribution in [0.3, 0.4) is 0 Å². The number of ether oxygens (including phenoxy) is 4. The lowest BCUT2D eigenvalue weighted by atomic mass is 9.83. The number of allylic oxidation sites excluding steroid dienone is 1. The number of hydroxylamine groups is 1. The molecule has 14 nitrogen and oxygen atoms in total. The minimum Gasteiger partial charge on any atom is -0.451 e. The highest BCUT2D eigenvalue weighted by Gasteiger charge is 2.54. The van der Waals surface area contributed by atoms with Crippen molar-refractivity contribution in [2.45, 2.75) is 81.9 Å². The topological polar surface area (TPSA) is 214 Å². The normalized spacial score (nSPS) is 33.6. The Hall–Kier alpha value is -3.44. The van der Waals surface area contributed by atoms with Crippen LogP contribution in [-0.2, 0) is 30.4 Å². The number of hydrogen-bond acceptors (Lipinski definition) is 13. The molecule has 0 radical (unpaired) electrons. The molecular formula is C31H38ClN3O11. The third kappa shape index (κ3) is 6.95. The maximum Gasteiger partial charge on any atom is 0.272 e. The SMILES string of the molecule is CC(=Cc1ccc(O[C@@H]2OC(=C(C)NOCc3cccc(Cl)c3)[C@@H](O)[C@@]2(C)O)c(N)c1)C(=O)N[C@@H]1[C@H](O)[C@@H](O)[C@H]2OCO[C@H]2[C@@H]1O. The summed E-state index contributed by atoms with van der Waals surface area (Å²) in [5.41, 5.74) is 9.09. The second-order valence-electron chi connectivity index (χ2n) is 11.7. The summed E-state index contributed by atoms with van der Waals surface area (Å²) in [6.07, 6.45) is -7.21. The summed E-state index contributed by atoms with van der Waals surface area (Å²) in [7, 11) is 0. The minimum absolute atomic E-state index is 0.0177. The van der Waals surface area contributed by atoms with Crippen molar-refractivity contribution in [2.24, 2.45) is 0 Å². The molecule has 2 aromatic rings. The number of carbonyl (C=O) groups excluding carboxylic acids is 1. The molecule has 0 aromatic heterocycles. The lowest BCUT2D eigenvalue weighted by Gasteiger charge is -2.41. The van der Waals surface area contributed by atoms with Crippen LogP contribution in [0.15, 0.2) is 59.5 Å². The van der Waals surface area contributed by atoms with Crippen LogP contribution in [0, 0.1) is 0 Å². The molecule has 3 aliphatic rings. The molecule has 15 heteroatoms. The van der Waals surface area contributed by atoms with Crippen LogP contribution >= 0.6 is 11.6 Å². The van der Waals surface area contributed by atoms with Gasteiger partial charge in [-0.25, -0.2) is 0 Å². The van der Waals surface area contributed by atoms with Gasteiger partial charge in [0.1, 0.15) is 49.2 Å². The van der Waals surface area contributed by atoms with Crippen molar-refractivity contribution in [3.63, 3.8) is 0 Å². The third-order valence-electron chi connectivity index (χ3n) is 8.15. The van der Waals surface area contributed by atoms with E-state index in [0.29, 0.717) is 16.3 Å². The molecule has 9 N–H and O–H groups in total. The average molecular weight is 664 g/mol. The number of anilines is 1. The second-order valence-corrected chi connectivity index (χ2v) is 12.1. The van der Waals surface area contributed by atoms with Crippen LogP contribution in [0.2, 0.25) is 5.02 Å². The van der Waals surface area contributed by atoms with E-state index < -0.39 is 60.5 Å². The zero-order valence-corrected chi connectivity index (χ0v) is 26.0. The summed E-state index contributed by atoms with van der Waals surface area (Å²) in [5.74, 6) is -0.434. The van der Waals surface area contributed by atoms with Crippen molar-refractivity contribution in [3.8, 4) is 5.75 Å². The van der Waals surface area contributed by atoms with Gasteiger partial charge in [-0.2, -0.15) is 0 Å². The quantitative estimate of drug-likeness (QED) is 0.104. The summed E-state index contributed by atoms with van der Waals surface area (Å²) < 4.78 is 22.2. The van der Waals surface area contributed by atoms with Gasteiger partial charge in [0.25, 0.3) is 6.29 Å². The number of nitrogens with two attached hydrogens (primary N) is 1. The fourth-order valence-corrected chi connectivity index (χ4v) is 5.66. The van der Waals surface area contributed by atoms with E-state index in [2.05, 4.69) is 10.8 Å². The Kier molecular flexibility index (Phi) is 10.1. The molecule has 9 atom stereocenters. The number of amides is 1. The van der Waals surface area contributed by atoms with Gasteiger partial charge in [-0.05, 0) is 62.2 Å². The van der Waals surface area contributed by atoms with Crippen LogP contribution in [0.1, 0.15) is 31.9 Å². The molecule has 5 rings (SSSR count). The second kappa shape index (κ2) is 13.7. The van der Waals surface area contributed by atoms with Gasteiger partial charge in [0, 0.05) is 10.6 Å². The maximum absolute atomic E-state index is 12.9. The van der Waals surface area contributed by atoms with E-state index in [1.807, 2.05) is 6.07 Å². The molecule has 0 unspecified atom stereocenters. The number of nitrogen functional groups attached to an aromatic ring is 1. The predicted octanol–water partition coefficient (Wildman–Crippen LogP) is 0.448. The number of carbonyl (C=O) groups is 1. The fraction of sp³-hybridized carbons (Fsp3) is 0.452. The Morgan fingerprint density at radius 1 is 1.09 bits per heavy atom. The van der Waals surface area contributed by atoms with Crippen molar-refractivity contribution in [3.05, 3.63) is 75.6 Å². The first-order chi connectivity index (χ1) is 21.8. The van der Waals surface area contributed by atoms with E-state index in [9.17, 15) is 30.3 Å². The molecule has 0 spiro atoms. The van der Waals surface area contributed by atoms with Crippen LogP contribution in [0.5, 0.6) is 5.75 Å². The first-order valence-electron chi connectivity index (χ1n) is 14.5. The highest BCUT2D eigenvalue weighted by Crippen LogP contribution is 2.38. The highest BCUT2D eigenvalue weighted by atomic mass is 35.5. The van der Waals surface area contributed by atoms with Crippen molar-refractivity contribution in [1.82, 2.24) is 10.8 Å². The lowest BCUT2D eigenvalue weighted by molar-refractivity contribution is -0.155. The lowest BCUT2D eigenvalue weighted by Crippen LogP contribution is -2.67. The van der Waals surface area contributed by atoms with Crippen LogP contribution in [0.4, 0.5) is 5.69 Å². The summed E-state index contributed by atoms with van der Waals surface area (Å²) in [4.78, 5) is 18.4. The number of halogens is 1. The number of aliphatic hydroxyl groups excluding tert-OH is 4. The van der Waals surface area contributed by atoms with Crippen LogP contribution < -0.4 is 21.3 Å². The van der Waals surface area contributed by atoms with Gasteiger partial charge >= 0.3 is 0 Å². The van der Waals surface area contributed by atoms with Crippen molar-refractivity contribution >= 4 is 29.3 Å². The molecule has 2 aromatic carbocycles. The average Bonchev–Trinajstić information content (AvgIpc) is 3.59. The van der Waals surface area contributed by atoms with Gasteiger partial charge in [-0.3, -0.25) is 15.1 Å². The van der Waals surface area contributed by atoms with E-state index in [1.54, 1.807) is 31.2 Å². The summed E-state index contributed by atoms with van der Waals surface area (Å²) in [5, 5.41) is 56.4. The monoisotopic (exact) mass is 663 g/mol. The zero-order valence-electron chi connectivity index (χ0n) is 25.3. The highest BCUT2D eigenvalue weighted by molar-refractivity contribution is 6.30. The molecule has 1 saturated carbocycles. The Morgan fingerprint density at radius 3 is 2.50 bits per heavy atom. The largest absolute Gasteiger partial charge is 0.451 e. The molecule has 0 bridgehead atoms. The van der Waals surface area contributed by atoms with Crippen LogP contribution in [-0.4, -0.2) is 92.8 Å². The van der Waals surface area contributed by atoms with E-state index in [-0.39, 0.29) is 36.2 Å². The Morgan fingerprint density at radius 2 is 1.80 bits per heavy atom. The molecular weight excluding hydrogens is 626 g/mol. The molecule has 250 valence electrons. The van der Waals surface area contributed by atoms with Gasteiger partial charge < -0.3 is 55.5 Å². The molecule has 2 heterocycles. The van der Waals surface area contributed by atoms with E-state index >= 15 is 0 Å². The van der Waals surface area contributed by atoms with E-state index in [1.165, 1.54) is 32.1 Å². The molecule has 46 heavy (non-hydrogen) atoms. The maximum atomic E-state index is 12.9. The van der Waals surface area contributed by atoms with Gasteiger partial charge in [-0.1, -0.05) is 29.8 Å². The molecule has 1 amide bonds. The number of benzene rings is 2. The Bertz CT molecular complexity index is 1500. The number of fused-ring (bicyclic) bond motifs is 1.